The third-order valence-electron chi connectivity index (χ3n) is 2.25. The maximum Gasteiger partial charge on any atom is 0.137 e. The van der Waals surface area contributed by atoms with Crippen molar-refractivity contribution in [1.82, 2.24) is 0 Å². The van der Waals surface area contributed by atoms with Gasteiger partial charge in [-0.25, -0.2) is 0 Å². The Morgan fingerprint density at radius 1 is 1.53 bits per heavy atom. The van der Waals surface area contributed by atoms with Crippen LogP contribution < -0.4 is 4.74 Å². The van der Waals surface area contributed by atoms with Crippen molar-refractivity contribution in [2.24, 2.45) is 0 Å². The van der Waals surface area contributed by atoms with Gasteiger partial charge in [-0.2, -0.15) is 5.26 Å². The van der Waals surface area contributed by atoms with Gasteiger partial charge in [0.25, 0.3) is 0 Å². The Kier molecular flexibility index (Phi) is 4.14. The van der Waals surface area contributed by atoms with E-state index >= 15 is 0 Å². The van der Waals surface area contributed by atoms with Crippen molar-refractivity contribution in [1.29, 1.82) is 5.26 Å². The summed E-state index contributed by atoms with van der Waals surface area (Å²) in [4.78, 5) is 0. The molecular formula is C12H15NO2. The lowest BCUT2D eigenvalue weighted by Gasteiger charge is -2.13. The van der Waals surface area contributed by atoms with Crippen LogP contribution in [-0.2, 0) is 6.61 Å². The van der Waals surface area contributed by atoms with Crippen LogP contribution in [0, 0.1) is 11.3 Å². The van der Waals surface area contributed by atoms with Gasteiger partial charge in [0.2, 0.25) is 0 Å². The molecule has 3 nitrogen and oxygen atoms in total. The summed E-state index contributed by atoms with van der Waals surface area (Å²) in [6.45, 7) is 3.93. The fourth-order valence-corrected chi connectivity index (χ4v) is 1.17. The van der Waals surface area contributed by atoms with E-state index < -0.39 is 0 Å². The highest BCUT2D eigenvalue weighted by molar-refractivity contribution is 5.45. The lowest BCUT2D eigenvalue weighted by atomic mass is 10.1. The minimum atomic E-state index is -0.0573. The van der Waals surface area contributed by atoms with E-state index in [0.29, 0.717) is 11.3 Å². The number of nitriles is 1. The maximum absolute atomic E-state index is 8.93. The standard InChI is InChI=1S/C12H15NO2/c1-3-9(2)15-12-5-4-10(8-14)6-11(12)7-13/h4-6,9,14H,3,8H2,1-2H3. The maximum atomic E-state index is 8.93. The molecule has 0 heterocycles. The van der Waals surface area contributed by atoms with Crippen LogP contribution >= 0.6 is 0 Å². The number of aliphatic hydroxyl groups is 1. The summed E-state index contributed by atoms with van der Waals surface area (Å²) in [7, 11) is 0. The zero-order valence-corrected chi connectivity index (χ0v) is 9.03. The number of aliphatic hydroxyl groups excluding tert-OH is 1. The van der Waals surface area contributed by atoms with Gasteiger partial charge in [0.15, 0.2) is 0 Å². The van der Waals surface area contributed by atoms with Crippen LogP contribution in [-0.4, -0.2) is 11.2 Å². The van der Waals surface area contributed by atoms with Crippen molar-refractivity contribution in [2.75, 3.05) is 0 Å². The first-order valence-electron chi connectivity index (χ1n) is 5.01. The van der Waals surface area contributed by atoms with Gasteiger partial charge in [0.1, 0.15) is 11.8 Å². The van der Waals surface area contributed by atoms with Gasteiger partial charge in [-0.05, 0) is 31.0 Å². The van der Waals surface area contributed by atoms with E-state index in [1.54, 1.807) is 18.2 Å². The van der Waals surface area contributed by atoms with Gasteiger partial charge < -0.3 is 9.84 Å². The van der Waals surface area contributed by atoms with Crippen LogP contribution in [0.25, 0.3) is 0 Å². The first kappa shape index (κ1) is 11.5. The van der Waals surface area contributed by atoms with Gasteiger partial charge in [-0.15, -0.1) is 0 Å². The van der Waals surface area contributed by atoms with E-state index in [-0.39, 0.29) is 12.7 Å². The van der Waals surface area contributed by atoms with Gasteiger partial charge >= 0.3 is 0 Å². The van der Waals surface area contributed by atoms with Gasteiger partial charge in [0, 0.05) is 0 Å². The molecule has 3 heteroatoms. The number of hydrogen-bond acceptors (Lipinski definition) is 3. The minimum absolute atomic E-state index is 0.0573. The van der Waals surface area contributed by atoms with Crippen LogP contribution in [0.1, 0.15) is 31.4 Å². The zero-order chi connectivity index (χ0) is 11.3. The average molecular weight is 205 g/mol. The van der Waals surface area contributed by atoms with E-state index in [2.05, 4.69) is 6.07 Å². The monoisotopic (exact) mass is 205 g/mol. The van der Waals surface area contributed by atoms with Crippen molar-refractivity contribution < 1.29 is 9.84 Å². The first-order chi connectivity index (χ1) is 7.21. The Morgan fingerprint density at radius 2 is 2.27 bits per heavy atom. The average Bonchev–Trinajstić information content (AvgIpc) is 2.29. The molecule has 1 aromatic carbocycles. The zero-order valence-electron chi connectivity index (χ0n) is 9.03. The largest absolute Gasteiger partial charge is 0.489 e. The summed E-state index contributed by atoms with van der Waals surface area (Å²) >= 11 is 0. The first-order valence-corrected chi connectivity index (χ1v) is 5.01. The molecule has 0 amide bonds. The Hall–Kier alpha value is -1.53. The van der Waals surface area contributed by atoms with Crippen LogP contribution in [0.2, 0.25) is 0 Å². The quantitative estimate of drug-likeness (QED) is 0.820. The highest BCUT2D eigenvalue weighted by atomic mass is 16.5. The molecule has 15 heavy (non-hydrogen) atoms. The van der Waals surface area contributed by atoms with Gasteiger partial charge in [-0.1, -0.05) is 13.0 Å². The fraction of sp³-hybridized carbons (Fsp3) is 0.417. The molecule has 0 spiro atoms. The molecule has 0 aliphatic carbocycles. The Labute approximate surface area is 89.9 Å². The Bertz CT molecular complexity index is 368. The molecule has 1 unspecified atom stereocenters. The third kappa shape index (κ3) is 2.97. The van der Waals surface area contributed by atoms with Crippen molar-refractivity contribution in [3.8, 4) is 11.8 Å². The molecular weight excluding hydrogens is 190 g/mol. The van der Waals surface area contributed by atoms with Crippen LogP contribution in [0.5, 0.6) is 5.75 Å². The summed E-state index contributed by atoms with van der Waals surface area (Å²) in [5.74, 6) is 0.587. The number of hydrogen-bond donors (Lipinski definition) is 1. The van der Waals surface area contributed by atoms with Gasteiger partial charge in [-0.3, -0.25) is 0 Å². The molecule has 1 atom stereocenters. The van der Waals surface area contributed by atoms with E-state index in [4.69, 9.17) is 15.1 Å². The fourth-order valence-electron chi connectivity index (χ4n) is 1.17. The molecule has 0 aromatic heterocycles. The van der Waals surface area contributed by atoms with E-state index in [1.807, 2.05) is 13.8 Å². The van der Waals surface area contributed by atoms with E-state index in [1.165, 1.54) is 0 Å². The van der Waals surface area contributed by atoms with Gasteiger partial charge in [0.05, 0.1) is 18.3 Å². The highest BCUT2D eigenvalue weighted by Gasteiger charge is 2.07. The smallest absolute Gasteiger partial charge is 0.137 e. The molecule has 1 rings (SSSR count). The number of nitrogens with zero attached hydrogens (tertiary/aromatic N) is 1. The summed E-state index contributed by atoms with van der Waals surface area (Å²) in [5.41, 5.74) is 1.20. The predicted molar refractivity (Wildman–Crippen MR) is 57.5 cm³/mol. The van der Waals surface area contributed by atoms with Crippen molar-refractivity contribution in [2.45, 2.75) is 33.0 Å². The lowest BCUT2D eigenvalue weighted by Crippen LogP contribution is -2.10. The number of benzene rings is 1. The van der Waals surface area contributed by atoms with E-state index in [9.17, 15) is 0 Å². The minimum Gasteiger partial charge on any atom is -0.489 e. The summed E-state index contributed by atoms with van der Waals surface area (Å²) in [5, 5.41) is 17.8. The molecule has 80 valence electrons. The molecule has 0 fully saturated rings. The molecule has 1 N–H and O–H groups in total. The molecule has 0 bridgehead atoms. The number of rotatable bonds is 4. The van der Waals surface area contributed by atoms with Crippen LogP contribution in [0.4, 0.5) is 0 Å². The van der Waals surface area contributed by atoms with E-state index in [0.717, 1.165) is 12.0 Å². The lowest BCUT2D eigenvalue weighted by molar-refractivity contribution is 0.216. The second kappa shape index (κ2) is 5.38. The predicted octanol–water partition coefficient (Wildman–Crippen LogP) is 2.23. The summed E-state index contributed by atoms with van der Waals surface area (Å²) in [6, 6.07) is 7.21. The second-order valence-corrected chi connectivity index (χ2v) is 3.44. The topological polar surface area (TPSA) is 53.2 Å². The van der Waals surface area contributed by atoms with Crippen molar-refractivity contribution in [3.05, 3.63) is 29.3 Å². The Balaban J connectivity index is 2.94. The Morgan fingerprint density at radius 3 is 2.80 bits per heavy atom. The molecule has 1 aromatic rings. The van der Waals surface area contributed by atoms with Crippen LogP contribution in [0.3, 0.4) is 0 Å². The normalized spacial score (nSPS) is 11.9. The van der Waals surface area contributed by atoms with Crippen molar-refractivity contribution >= 4 is 0 Å². The summed E-state index contributed by atoms with van der Waals surface area (Å²) < 4.78 is 5.58. The SMILES string of the molecule is CCC(C)Oc1ccc(CO)cc1C#N. The molecule has 0 aliphatic rings. The summed E-state index contributed by atoms with van der Waals surface area (Å²) in [6.07, 6.45) is 0.990. The molecule has 0 saturated heterocycles. The number of ether oxygens (including phenoxy) is 1. The molecule has 0 aliphatic heterocycles. The molecule has 0 radical (unpaired) electrons. The van der Waals surface area contributed by atoms with Crippen molar-refractivity contribution in [3.63, 3.8) is 0 Å². The molecule has 0 saturated carbocycles. The highest BCUT2D eigenvalue weighted by Crippen LogP contribution is 2.21. The third-order valence-corrected chi connectivity index (χ3v) is 2.25. The second-order valence-electron chi connectivity index (χ2n) is 3.44. The van der Waals surface area contributed by atoms with Crippen LogP contribution in [0.15, 0.2) is 18.2 Å².